The van der Waals surface area contributed by atoms with Gasteiger partial charge in [-0.25, -0.2) is 8.78 Å². The van der Waals surface area contributed by atoms with Crippen LogP contribution in [-0.2, 0) is 5.60 Å². The number of aryl methyl sites for hydroxylation is 1. The Bertz CT molecular complexity index is 671. The third-order valence-corrected chi connectivity index (χ3v) is 4.06. The Hall–Kier alpha value is -0.970. The number of rotatable bonds is 2. The van der Waals surface area contributed by atoms with Gasteiger partial charge in [-0.3, -0.25) is 0 Å². The molecule has 0 radical (unpaired) electrons. The van der Waals surface area contributed by atoms with Gasteiger partial charge in [-0.2, -0.15) is 0 Å². The van der Waals surface area contributed by atoms with Crippen molar-refractivity contribution in [2.24, 2.45) is 0 Å². The molecule has 0 saturated carbocycles. The monoisotopic (exact) mass is 360 g/mol. The first-order valence-corrected chi connectivity index (χ1v) is 7.05. The highest BCUT2D eigenvalue weighted by Crippen LogP contribution is 2.37. The lowest BCUT2D eigenvalue weighted by atomic mass is 9.87. The Balaban J connectivity index is 2.63. The number of halogens is 4. The number of aliphatic hydroxyl groups is 1. The van der Waals surface area contributed by atoms with E-state index >= 15 is 0 Å². The molecule has 1 nitrogen and oxygen atoms in total. The maximum atomic E-state index is 14.1. The van der Waals surface area contributed by atoms with Crippen molar-refractivity contribution in [2.45, 2.75) is 19.4 Å². The second-order valence-corrected chi connectivity index (χ2v) is 6.08. The smallest absolute Gasteiger partial charge is 0.165 e. The van der Waals surface area contributed by atoms with E-state index in [1.54, 1.807) is 18.2 Å². The van der Waals surface area contributed by atoms with Crippen molar-refractivity contribution in [3.63, 3.8) is 0 Å². The molecule has 1 N–H and O–H groups in total. The molecule has 0 aliphatic rings. The van der Waals surface area contributed by atoms with Gasteiger partial charge in [0.25, 0.3) is 0 Å². The molecule has 0 fully saturated rings. The summed E-state index contributed by atoms with van der Waals surface area (Å²) in [6.45, 7) is 2.85. The molecule has 1 unspecified atom stereocenters. The Morgan fingerprint density at radius 3 is 2.30 bits per heavy atom. The van der Waals surface area contributed by atoms with Crippen molar-refractivity contribution >= 4 is 27.5 Å². The molecular formula is C15H12BrClF2O. The predicted molar refractivity (Wildman–Crippen MR) is 78.9 cm³/mol. The molecular weight excluding hydrogens is 350 g/mol. The van der Waals surface area contributed by atoms with Gasteiger partial charge < -0.3 is 5.11 Å². The first kappa shape index (κ1) is 15.4. The van der Waals surface area contributed by atoms with Gasteiger partial charge in [-0.1, -0.05) is 45.7 Å². The minimum absolute atomic E-state index is 0.148. The zero-order valence-electron chi connectivity index (χ0n) is 10.8. The molecule has 0 heterocycles. The Kier molecular flexibility index (Phi) is 4.19. The molecule has 0 spiro atoms. The Morgan fingerprint density at radius 1 is 1.10 bits per heavy atom. The van der Waals surface area contributed by atoms with Crippen LogP contribution in [0.1, 0.15) is 23.6 Å². The highest BCUT2D eigenvalue weighted by molar-refractivity contribution is 9.10. The quantitative estimate of drug-likeness (QED) is 0.803. The van der Waals surface area contributed by atoms with Crippen LogP contribution in [0, 0.1) is 18.6 Å². The van der Waals surface area contributed by atoms with Crippen molar-refractivity contribution in [1.82, 2.24) is 0 Å². The van der Waals surface area contributed by atoms with Crippen molar-refractivity contribution in [2.75, 3.05) is 0 Å². The summed E-state index contributed by atoms with van der Waals surface area (Å²) in [6.07, 6.45) is 0. The normalized spacial score (nSPS) is 14.2. The first-order valence-electron chi connectivity index (χ1n) is 5.88. The fraction of sp³-hybridized carbons (Fsp3) is 0.200. The maximum absolute atomic E-state index is 14.1. The highest BCUT2D eigenvalue weighted by Gasteiger charge is 2.32. The number of hydrogen-bond acceptors (Lipinski definition) is 1. The molecule has 1 atom stereocenters. The number of benzene rings is 2. The van der Waals surface area contributed by atoms with Crippen molar-refractivity contribution < 1.29 is 13.9 Å². The van der Waals surface area contributed by atoms with Crippen molar-refractivity contribution in [1.29, 1.82) is 0 Å². The fourth-order valence-electron chi connectivity index (χ4n) is 2.05. The van der Waals surface area contributed by atoms with Gasteiger partial charge in [0.15, 0.2) is 11.6 Å². The molecule has 2 aromatic carbocycles. The molecule has 0 bridgehead atoms. The van der Waals surface area contributed by atoms with Gasteiger partial charge in [-0.15, -0.1) is 0 Å². The van der Waals surface area contributed by atoms with E-state index in [0.29, 0.717) is 5.56 Å². The summed E-state index contributed by atoms with van der Waals surface area (Å²) < 4.78 is 28.5. The van der Waals surface area contributed by atoms with E-state index in [0.717, 1.165) is 4.47 Å². The fourth-order valence-corrected chi connectivity index (χ4v) is 2.91. The van der Waals surface area contributed by atoms with Crippen LogP contribution in [0.15, 0.2) is 34.8 Å². The van der Waals surface area contributed by atoms with Crippen LogP contribution < -0.4 is 0 Å². The molecule has 106 valence electrons. The van der Waals surface area contributed by atoms with E-state index in [2.05, 4.69) is 15.9 Å². The average Bonchev–Trinajstić information content (AvgIpc) is 2.35. The van der Waals surface area contributed by atoms with Crippen LogP contribution in [0.5, 0.6) is 0 Å². The minimum atomic E-state index is -1.73. The molecule has 0 saturated heterocycles. The second kappa shape index (κ2) is 5.43. The average molecular weight is 362 g/mol. The molecule has 20 heavy (non-hydrogen) atoms. The molecule has 0 aliphatic carbocycles. The largest absolute Gasteiger partial charge is 0.381 e. The van der Waals surface area contributed by atoms with E-state index in [4.69, 9.17) is 11.6 Å². The molecule has 5 heteroatoms. The van der Waals surface area contributed by atoms with E-state index in [1.165, 1.54) is 26.0 Å². The van der Waals surface area contributed by atoms with Crippen LogP contribution in [0.4, 0.5) is 8.78 Å². The van der Waals surface area contributed by atoms with Crippen molar-refractivity contribution in [3.8, 4) is 0 Å². The van der Waals surface area contributed by atoms with E-state index in [9.17, 15) is 13.9 Å². The van der Waals surface area contributed by atoms with Gasteiger partial charge in [0.05, 0.1) is 0 Å². The van der Waals surface area contributed by atoms with Crippen LogP contribution >= 0.6 is 27.5 Å². The summed E-state index contributed by atoms with van der Waals surface area (Å²) in [6, 6.07) is 7.64. The zero-order valence-corrected chi connectivity index (χ0v) is 13.2. The topological polar surface area (TPSA) is 20.2 Å². The summed E-state index contributed by atoms with van der Waals surface area (Å²) >= 11 is 9.34. The zero-order chi connectivity index (χ0) is 15.1. The summed E-state index contributed by atoms with van der Waals surface area (Å²) in [5.74, 6) is -2.02. The van der Waals surface area contributed by atoms with Gasteiger partial charge >= 0.3 is 0 Å². The SMILES string of the molecule is Cc1ccc(C(C)(O)c2ccc(Br)cc2Cl)c(F)c1F. The standard InChI is InChI=1S/C15H12BrClF2O/c1-8-3-5-11(14(19)13(8)18)15(2,20)10-6-4-9(16)7-12(10)17/h3-7,20H,1-2H3. The molecule has 0 amide bonds. The minimum Gasteiger partial charge on any atom is -0.381 e. The lowest BCUT2D eigenvalue weighted by molar-refractivity contribution is 0.0970. The first-order chi connectivity index (χ1) is 9.25. The molecule has 0 aromatic heterocycles. The molecule has 2 rings (SSSR count). The maximum Gasteiger partial charge on any atom is 0.165 e. The van der Waals surface area contributed by atoms with Gasteiger partial charge in [0, 0.05) is 20.6 Å². The van der Waals surface area contributed by atoms with Gasteiger partial charge in [-0.05, 0) is 31.5 Å². The summed E-state index contributed by atoms with van der Waals surface area (Å²) in [7, 11) is 0. The van der Waals surface area contributed by atoms with Gasteiger partial charge in [0.1, 0.15) is 5.60 Å². The summed E-state index contributed by atoms with van der Waals surface area (Å²) in [4.78, 5) is 0. The second-order valence-electron chi connectivity index (χ2n) is 4.75. The highest BCUT2D eigenvalue weighted by atomic mass is 79.9. The van der Waals surface area contributed by atoms with E-state index in [-0.39, 0.29) is 16.1 Å². The third kappa shape index (κ3) is 2.60. The lowest BCUT2D eigenvalue weighted by Gasteiger charge is -2.26. The number of hydrogen-bond donors (Lipinski definition) is 1. The Morgan fingerprint density at radius 2 is 1.70 bits per heavy atom. The Labute approximate surface area is 129 Å². The van der Waals surface area contributed by atoms with E-state index in [1.807, 2.05) is 0 Å². The van der Waals surface area contributed by atoms with Crippen LogP contribution in [0.2, 0.25) is 5.02 Å². The van der Waals surface area contributed by atoms with Crippen LogP contribution in [0.3, 0.4) is 0 Å². The molecule has 0 aliphatic heterocycles. The third-order valence-electron chi connectivity index (χ3n) is 3.26. The predicted octanol–water partition coefficient (Wildman–Crippen LogP) is 4.94. The summed E-state index contributed by atoms with van der Waals surface area (Å²) in [5.41, 5.74) is -1.38. The molecule has 2 aromatic rings. The summed E-state index contributed by atoms with van der Waals surface area (Å²) in [5, 5.41) is 10.9. The van der Waals surface area contributed by atoms with Crippen molar-refractivity contribution in [3.05, 3.63) is 68.2 Å². The van der Waals surface area contributed by atoms with Crippen LogP contribution in [-0.4, -0.2) is 5.11 Å². The van der Waals surface area contributed by atoms with E-state index < -0.39 is 17.2 Å². The lowest BCUT2D eigenvalue weighted by Crippen LogP contribution is -2.25. The van der Waals surface area contributed by atoms with Gasteiger partial charge in [0.2, 0.25) is 0 Å². The van der Waals surface area contributed by atoms with Crippen LogP contribution in [0.25, 0.3) is 0 Å².